The van der Waals surface area contributed by atoms with Crippen molar-refractivity contribution in [3.05, 3.63) is 21.9 Å². The van der Waals surface area contributed by atoms with Gasteiger partial charge in [-0.1, -0.05) is 6.92 Å². The van der Waals surface area contributed by atoms with Gasteiger partial charge in [-0.2, -0.15) is 0 Å². The number of thiophene rings is 1. The number of piperidine rings is 1. The average molecular weight is 379 g/mol. The Bertz CT molecular complexity index is 403. The average Bonchev–Trinajstić information content (AvgIpc) is 2.72. The molecule has 1 aliphatic heterocycles. The third kappa shape index (κ3) is 4.12. The van der Waals surface area contributed by atoms with E-state index in [1.165, 1.54) is 23.3 Å². The molecule has 3 nitrogen and oxygen atoms in total. The summed E-state index contributed by atoms with van der Waals surface area (Å²) in [4.78, 5) is 8.05. The van der Waals surface area contributed by atoms with Gasteiger partial charge in [0, 0.05) is 18.0 Å². The summed E-state index contributed by atoms with van der Waals surface area (Å²) >= 11 is 1.76. The number of nitrogens with two attached hydrogens (primary N) is 1. The quantitative estimate of drug-likeness (QED) is 0.487. The number of likely N-dealkylation sites (tertiary alicyclic amines) is 1. The highest BCUT2D eigenvalue weighted by Crippen LogP contribution is 2.18. The molecule has 2 rings (SSSR count). The summed E-state index contributed by atoms with van der Waals surface area (Å²) in [5.41, 5.74) is 7.38. The van der Waals surface area contributed by atoms with Gasteiger partial charge < -0.3 is 10.6 Å². The van der Waals surface area contributed by atoms with E-state index in [0.717, 1.165) is 25.6 Å². The van der Waals surface area contributed by atoms with E-state index in [0.29, 0.717) is 5.96 Å². The highest BCUT2D eigenvalue weighted by atomic mass is 127. The van der Waals surface area contributed by atoms with Crippen molar-refractivity contribution in [1.29, 1.82) is 0 Å². The first kappa shape index (κ1) is 15.8. The van der Waals surface area contributed by atoms with Gasteiger partial charge in [0.05, 0.1) is 6.54 Å². The second-order valence-electron chi connectivity index (χ2n) is 4.89. The predicted octanol–water partition coefficient (Wildman–Crippen LogP) is 3.22. The first-order valence-corrected chi connectivity index (χ1v) is 7.12. The van der Waals surface area contributed by atoms with Crippen LogP contribution in [0.3, 0.4) is 0 Å². The summed E-state index contributed by atoms with van der Waals surface area (Å²) in [5, 5.41) is 2.11. The van der Waals surface area contributed by atoms with Crippen LogP contribution in [0, 0.1) is 12.8 Å². The van der Waals surface area contributed by atoms with Crippen LogP contribution in [0.1, 0.15) is 30.2 Å². The van der Waals surface area contributed by atoms with Crippen molar-refractivity contribution in [2.45, 2.75) is 33.2 Å². The van der Waals surface area contributed by atoms with Gasteiger partial charge in [-0.05, 0) is 42.7 Å². The van der Waals surface area contributed by atoms with Crippen LogP contribution in [0.2, 0.25) is 0 Å². The summed E-state index contributed by atoms with van der Waals surface area (Å²) in [7, 11) is 0. The van der Waals surface area contributed by atoms with Crippen LogP contribution in [-0.2, 0) is 6.54 Å². The van der Waals surface area contributed by atoms with E-state index in [1.807, 2.05) is 0 Å². The van der Waals surface area contributed by atoms with Crippen molar-refractivity contribution in [2.75, 3.05) is 13.1 Å². The number of hydrogen-bond acceptors (Lipinski definition) is 2. The van der Waals surface area contributed by atoms with Gasteiger partial charge in [0.15, 0.2) is 5.96 Å². The summed E-state index contributed by atoms with van der Waals surface area (Å²) in [5.74, 6) is 1.45. The maximum Gasteiger partial charge on any atom is 0.191 e. The summed E-state index contributed by atoms with van der Waals surface area (Å²) in [6, 6.07) is 2.13. The summed E-state index contributed by atoms with van der Waals surface area (Å²) in [6.07, 6.45) is 2.54. The highest BCUT2D eigenvalue weighted by molar-refractivity contribution is 14.0. The third-order valence-electron chi connectivity index (χ3n) is 3.33. The summed E-state index contributed by atoms with van der Waals surface area (Å²) < 4.78 is 0. The molecule has 0 aromatic carbocycles. The maximum atomic E-state index is 6.06. The molecular formula is C13H22IN3S. The van der Waals surface area contributed by atoms with E-state index >= 15 is 0 Å². The normalized spacial score (nSPS) is 20.7. The van der Waals surface area contributed by atoms with Crippen LogP contribution in [-0.4, -0.2) is 23.9 Å². The number of hydrogen-bond donors (Lipinski definition) is 1. The zero-order valence-corrected chi connectivity index (χ0v) is 14.2. The first-order valence-electron chi connectivity index (χ1n) is 6.24. The molecule has 0 saturated carbocycles. The summed E-state index contributed by atoms with van der Waals surface area (Å²) in [6.45, 7) is 7.24. The topological polar surface area (TPSA) is 41.6 Å². The van der Waals surface area contributed by atoms with Gasteiger partial charge in [0.2, 0.25) is 0 Å². The number of aliphatic imine (C=N–C) groups is 1. The molecule has 0 spiro atoms. The van der Waals surface area contributed by atoms with Gasteiger partial charge in [0.1, 0.15) is 0 Å². The molecule has 1 saturated heterocycles. The molecule has 1 aliphatic rings. The zero-order chi connectivity index (χ0) is 12.3. The van der Waals surface area contributed by atoms with Crippen molar-refractivity contribution >= 4 is 41.3 Å². The Labute approximate surface area is 130 Å². The van der Waals surface area contributed by atoms with Crippen LogP contribution >= 0.6 is 35.3 Å². The van der Waals surface area contributed by atoms with Crippen LogP contribution in [0.4, 0.5) is 0 Å². The Morgan fingerprint density at radius 1 is 1.61 bits per heavy atom. The standard InChI is InChI=1S/C13H21N3S.HI/c1-10-4-3-6-16(9-10)13(14)15-8-12-11(2)5-7-17-12;/h5,7,10H,3-4,6,8-9H2,1-2H3,(H2,14,15);1H. The lowest BCUT2D eigenvalue weighted by Gasteiger charge is -2.31. The van der Waals surface area contributed by atoms with Gasteiger partial charge in [0.25, 0.3) is 0 Å². The van der Waals surface area contributed by atoms with E-state index in [2.05, 4.69) is 35.2 Å². The number of halogens is 1. The Morgan fingerprint density at radius 3 is 3.00 bits per heavy atom. The van der Waals surface area contributed by atoms with Crippen molar-refractivity contribution < 1.29 is 0 Å². The van der Waals surface area contributed by atoms with Crippen LogP contribution in [0.5, 0.6) is 0 Å². The molecule has 18 heavy (non-hydrogen) atoms. The maximum absolute atomic E-state index is 6.06. The first-order chi connectivity index (χ1) is 8.16. The highest BCUT2D eigenvalue weighted by Gasteiger charge is 2.17. The van der Waals surface area contributed by atoms with E-state index < -0.39 is 0 Å². The molecule has 102 valence electrons. The van der Waals surface area contributed by atoms with E-state index in [4.69, 9.17) is 5.73 Å². The van der Waals surface area contributed by atoms with Gasteiger partial charge in [-0.15, -0.1) is 35.3 Å². The molecule has 1 fully saturated rings. The second kappa shape index (κ2) is 7.33. The third-order valence-corrected chi connectivity index (χ3v) is 4.34. The van der Waals surface area contributed by atoms with Crippen LogP contribution in [0.25, 0.3) is 0 Å². The molecule has 1 aromatic rings. The Morgan fingerprint density at radius 2 is 2.39 bits per heavy atom. The monoisotopic (exact) mass is 379 g/mol. The fraction of sp³-hybridized carbons (Fsp3) is 0.615. The fourth-order valence-corrected chi connectivity index (χ4v) is 3.05. The van der Waals surface area contributed by atoms with Crippen molar-refractivity contribution in [1.82, 2.24) is 4.90 Å². The van der Waals surface area contributed by atoms with Crippen LogP contribution < -0.4 is 5.73 Å². The molecule has 1 aromatic heterocycles. The van der Waals surface area contributed by atoms with Gasteiger partial charge in [-0.25, -0.2) is 4.99 Å². The minimum absolute atomic E-state index is 0. The predicted molar refractivity (Wildman–Crippen MR) is 89.8 cm³/mol. The molecule has 0 aliphatic carbocycles. The molecule has 5 heteroatoms. The van der Waals surface area contributed by atoms with Crippen molar-refractivity contribution in [3.63, 3.8) is 0 Å². The van der Waals surface area contributed by atoms with Crippen LogP contribution in [0.15, 0.2) is 16.4 Å². The zero-order valence-electron chi connectivity index (χ0n) is 11.1. The number of nitrogens with zero attached hydrogens (tertiary/aromatic N) is 2. The van der Waals surface area contributed by atoms with E-state index in [-0.39, 0.29) is 24.0 Å². The molecule has 2 N–H and O–H groups in total. The molecule has 1 atom stereocenters. The minimum Gasteiger partial charge on any atom is -0.370 e. The van der Waals surface area contributed by atoms with E-state index in [9.17, 15) is 0 Å². The molecule has 1 unspecified atom stereocenters. The lowest BCUT2D eigenvalue weighted by molar-refractivity contribution is 0.270. The van der Waals surface area contributed by atoms with Gasteiger partial charge >= 0.3 is 0 Å². The lowest BCUT2D eigenvalue weighted by atomic mass is 10.0. The lowest BCUT2D eigenvalue weighted by Crippen LogP contribution is -2.43. The molecule has 2 heterocycles. The Balaban J connectivity index is 0.00000162. The number of guanidine groups is 1. The minimum atomic E-state index is 0. The largest absolute Gasteiger partial charge is 0.370 e. The second-order valence-corrected chi connectivity index (χ2v) is 5.90. The number of rotatable bonds is 2. The number of aryl methyl sites for hydroxylation is 1. The van der Waals surface area contributed by atoms with E-state index in [1.54, 1.807) is 11.3 Å². The smallest absolute Gasteiger partial charge is 0.191 e. The molecule has 0 amide bonds. The molecule has 0 bridgehead atoms. The molecular weight excluding hydrogens is 357 g/mol. The SMILES string of the molecule is Cc1ccsc1CN=C(N)N1CCCC(C)C1.I. The Hall–Kier alpha value is -0.300. The van der Waals surface area contributed by atoms with Gasteiger partial charge in [-0.3, -0.25) is 0 Å². The Kier molecular flexibility index (Phi) is 6.42. The van der Waals surface area contributed by atoms with Crippen molar-refractivity contribution in [3.8, 4) is 0 Å². The molecule has 0 radical (unpaired) electrons. The fourth-order valence-electron chi connectivity index (χ4n) is 2.22. The van der Waals surface area contributed by atoms with Crippen molar-refractivity contribution in [2.24, 2.45) is 16.6 Å².